The van der Waals surface area contributed by atoms with Crippen LogP contribution in [0.1, 0.15) is 44.9 Å². The Morgan fingerprint density at radius 3 is 2.31 bits per heavy atom. The summed E-state index contributed by atoms with van der Waals surface area (Å²) >= 11 is 0. The van der Waals surface area contributed by atoms with Gasteiger partial charge in [0.1, 0.15) is 12.1 Å². The summed E-state index contributed by atoms with van der Waals surface area (Å²) in [6, 6.07) is -0.304. The molecule has 0 bridgehead atoms. The summed E-state index contributed by atoms with van der Waals surface area (Å²) < 4.78 is 0. The molecule has 0 aromatic rings. The van der Waals surface area contributed by atoms with Crippen molar-refractivity contribution >= 4 is 17.8 Å². The molecule has 3 saturated heterocycles. The predicted molar refractivity (Wildman–Crippen MR) is 96.4 cm³/mol. The van der Waals surface area contributed by atoms with Crippen LogP contribution in [-0.4, -0.2) is 77.9 Å². The van der Waals surface area contributed by atoms with Gasteiger partial charge in [0.05, 0.1) is 0 Å². The van der Waals surface area contributed by atoms with Gasteiger partial charge in [-0.3, -0.25) is 14.5 Å². The molecular weight excluding hydrogens is 332 g/mol. The van der Waals surface area contributed by atoms with Crippen LogP contribution in [0.2, 0.25) is 0 Å². The first kappa shape index (κ1) is 17.8. The summed E-state index contributed by atoms with van der Waals surface area (Å²) in [6.45, 7) is 3.46. The van der Waals surface area contributed by atoms with E-state index in [0.29, 0.717) is 11.8 Å². The number of nitrogens with one attached hydrogen (secondary N) is 1. The van der Waals surface area contributed by atoms with Crippen LogP contribution in [0.3, 0.4) is 0 Å². The fraction of sp³-hybridized carbons (Fsp3) is 0.842. The minimum atomic E-state index is -0.697. The van der Waals surface area contributed by atoms with E-state index in [2.05, 4.69) is 5.32 Å². The number of likely N-dealkylation sites (N-methyl/N-ethyl adjacent to an activating group) is 1. The van der Waals surface area contributed by atoms with Crippen molar-refractivity contribution < 1.29 is 14.4 Å². The zero-order valence-corrected chi connectivity index (χ0v) is 15.7. The lowest BCUT2D eigenvalue weighted by atomic mass is 9.81. The van der Waals surface area contributed by atoms with Crippen molar-refractivity contribution in [3.63, 3.8) is 0 Å². The molecule has 1 aliphatic carbocycles. The Labute approximate surface area is 155 Å². The summed E-state index contributed by atoms with van der Waals surface area (Å²) in [5, 5.41) is 3.44. The summed E-state index contributed by atoms with van der Waals surface area (Å²) in [7, 11) is 1.72. The van der Waals surface area contributed by atoms with Gasteiger partial charge in [0.2, 0.25) is 5.91 Å². The van der Waals surface area contributed by atoms with Crippen molar-refractivity contribution in [3.05, 3.63) is 0 Å². The lowest BCUT2D eigenvalue weighted by Gasteiger charge is -2.35. The SMILES string of the molecule is CN1C(=O)N(CC(=O)N2CC[C@@H]3CNC[C@@H]3CC2)C(=O)C12CCCCC2. The molecule has 0 aromatic carbocycles. The predicted octanol–water partition coefficient (Wildman–Crippen LogP) is 1.04. The molecule has 26 heavy (non-hydrogen) atoms. The molecule has 3 heterocycles. The average molecular weight is 362 g/mol. The van der Waals surface area contributed by atoms with Gasteiger partial charge in [0.25, 0.3) is 5.91 Å². The van der Waals surface area contributed by atoms with Crippen LogP contribution in [-0.2, 0) is 9.59 Å². The third kappa shape index (κ3) is 2.80. The largest absolute Gasteiger partial charge is 0.341 e. The van der Waals surface area contributed by atoms with Crippen LogP contribution in [0.4, 0.5) is 4.79 Å². The zero-order valence-electron chi connectivity index (χ0n) is 15.7. The monoisotopic (exact) mass is 362 g/mol. The molecule has 3 aliphatic heterocycles. The standard InChI is InChI=1S/C19H30N4O3/c1-21-18(26)23(17(25)19(21)7-3-2-4-8-19)13-16(24)22-9-5-14-11-20-12-15(14)6-10-22/h14-15,20H,2-13H2,1H3/t14-,15+. The molecule has 1 N–H and O–H groups in total. The maximum Gasteiger partial charge on any atom is 0.327 e. The number of amides is 4. The highest BCUT2D eigenvalue weighted by atomic mass is 16.2. The van der Waals surface area contributed by atoms with Crippen molar-refractivity contribution in [2.75, 3.05) is 39.8 Å². The van der Waals surface area contributed by atoms with Crippen molar-refractivity contribution in [2.24, 2.45) is 11.8 Å². The van der Waals surface area contributed by atoms with Crippen molar-refractivity contribution in [1.29, 1.82) is 0 Å². The Balaban J connectivity index is 1.42. The fourth-order valence-corrected chi connectivity index (χ4v) is 5.37. The first-order valence-electron chi connectivity index (χ1n) is 10.1. The maximum atomic E-state index is 13.0. The minimum absolute atomic E-state index is 0.0825. The second-order valence-corrected chi connectivity index (χ2v) is 8.46. The van der Waals surface area contributed by atoms with Gasteiger partial charge in [-0.2, -0.15) is 0 Å². The first-order valence-corrected chi connectivity index (χ1v) is 10.1. The molecule has 0 radical (unpaired) electrons. The third-order valence-electron chi connectivity index (χ3n) is 7.15. The summed E-state index contributed by atoms with van der Waals surface area (Å²) in [5.41, 5.74) is -0.697. The quantitative estimate of drug-likeness (QED) is 0.745. The lowest BCUT2D eigenvalue weighted by molar-refractivity contribution is -0.140. The van der Waals surface area contributed by atoms with Crippen LogP contribution < -0.4 is 5.32 Å². The minimum Gasteiger partial charge on any atom is -0.341 e. The molecule has 144 valence electrons. The Bertz CT molecular complexity index is 588. The van der Waals surface area contributed by atoms with E-state index in [9.17, 15) is 14.4 Å². The van der Waals surface area contributed by atoms with Crippen LogP contribution >= 0.6 is 0 Å². The maximum absolute atomic E-state index is 13.0. The van der Waals surface area contributed by atoms with Crippen LogP contribution in [0, 0.1) is 11.8 Å². The van der Waals surface area contributed by atoms with Gasteiger partial charge in [-0.05, 0) is 50.6 Å². The van der Waals surface area contributed by atoms with E-state index in [0.717, 1.165) is 71.1 Å². The summed E-state index contributed by atoms with van der Waals surface area (Å²) in [5.74, 6) is 1.06. The van der Waals surface area contributed by atoms with E-state index in [1.165, 1.54) is 4.90 Å². The van der Waals surface area contributed by atoms with E-state index in [1.807, 2.05) is 4.90 Å². The number of urea groups is 1. The molecule has 1 saturated carbocycles. The summed E-state index contributed by atoms with van der Waals surface area (Å²) in [4.78, 5) is 43.2. The molecular formula is C19H30N4O3. The molecule has 2 atom stereocenters. The smallest absolute Gasteiger partial charge is 0.327 e. The van der Waals surface area contributed by atoms with Crippen molar-refractivity contribution in [3.8, 4) is 0 Å². The third-order valence-corrected chi connectivity index (χ3v) is 7.15. The van der Waals surface area contributed by atoms with E-state index < -0.39 is 5.54 Å². The van der Waals surface area contributed by atoms with E-state index >= 15 is 0 Å². The van der Waals surface area contributed by atoms with Gasteiger partial charge >= 0.3 is 6.03 Å². The van der Waals surface area contributed by atoms with Gasteiger partial charge in [-0.15, -0.1) is 0 Å². The normalized spacial score (nSPS) is 31.5. The molecule has 0 unspecified atom stereocenters. The van der Waals surface area contributed by atoms with E-state index in [-0.39, 0.29) is 24.4 Å². The molecule has 4 aliphatic rings. The van der Waals surface area contributed by atoms with Crippen LogP contribution in [0.5, 0.6) is 0 Å². The highest BCUT2D eigenvalue weighted by molar-refractivity contribution is 6.08. The van der Waals surface area contributed by atoms with Crippen LogP contribution in [0.25, 0.3) is 0 Å². The number of imide groups is 1. The Morgan fingerprint density at radius 2 is 1.69 bits per heavy atom. The fourth-order valence-electron chi connectivity index (χ4n) is 5.37. The highest BCUT2D eigenvalue weighted by Crippen LogP contribution is 2.39. The Hall–Kier alpha value is -1.63. The number of hydrogen-bond donors (Lipinski definition) is 1. The van der Waals surface area contributed by atoms with Crippen molar-refractivity contribution in [1.82, 2.24) is 20.0 Å². The molecule has 4 fully saturated rings. The average Bonchev–Trinajstić information content (AvgIpc) is 3.09. The number of carbonyl (C=O) groups excluding carboxylic acids is 3. The second kappa shape index (κ2) is 6.83. The lowest BCUT2D eigenvalue weighted by Crippen LogP contribution is -2.49. The highest BCUT2D eigenvalue weighted by Gasteiger charge is 2.56. The van der Waals surface area contributed by atoms with Gasteiger partial charge < -0.3 is 15.1 Å². The van der Waals surface area contributed by atoms with E-state index in [4.69, 9.17) is 0 Å². The Kier molecular flexibility index (Phi) is 4.67. The molecule has 1 spiro atoms. The number of likely N-dealkylation sites (tertiary alicyclic amines) is 1. The van der Waals surface area contributed by atoms with Gasteiger partial charge in [0, 0.05) is 20.1 Å². The topological polar surface area (TPSA) is 73.0 Å². The summed E-state index contributed by atoms with van der Waals surface area (Å²) in [6.07, 6.45) is 6.51. The zero-order chi connectivity index (χ0) is 18.3. The molecule has 7 nitrogen and oxygen atoms in total. The van der Waals surface area contributed by atoms with Crippen LogP contribution in [0.15, 0.2) is 0 Å². The number of rotatable bonds is 2. The molecule has 4 amide bonds. The van der Waals surface area contributed by atoms with Crippen molar-refractivity contribution in [2.45, 2.75) is 50.5 Å². The molecule has 0 aromatic heterocycles. The number of fused-ring (bicyclic) bond motifs is 1. The van der Waals surface area contributed by atoms with Gasteiger partial charge in [-0.1, -0.05) is 19.3 Å². The molecule has 7 heteroatoms. The number of hydrogen-bond acceptors (Lipinski definition) is 4. The second-order valence-electron chi connectivity index (χ2n) is 8.46. The Morgan fingerprint density at radius 1 is 1.08 bits per heavy atom. The molecule has 4 rings (SSSR count). The number of nitrogens with zero attached hydrogens (tertiary/aromatic N) is 3. The van der Waals surface area contributed by atoms with Gasteiger partial charge in [0.15, 0.2) is 0 Å². The number of carbonyl (C=O) groups is 3. The first-order chi connectivity index (χ1) is 12.5. The van der Waals surface area contributed by atoms with E-state index in [1.54, 1.807) is 11.9 Å². The van der Waals surface area contributed by atoms with Gasteiger partial charge in [-0.25, -0.2) is 4.79 Å².